The van der Waals surface area contributed by atoms with Crippen LogP contribution in [0.1, 0.15) is 71.2 Å². The molecule has 3 fully saturated rings. The van der Waals surface area contributed by atoms with E-state index in [9.17, 15) is 27.6 Å². The first-order valence-electron chi connectivity index (χ1n) is 22.6. The van der Waals surface area contributed by atoms with Crippen molar-refractivity contribution in [3.8, 4) is 0 Å². The lowest BCUT2D eigenvalue weighted by molar-refractivity contribution is -0.136. The van der Waals surface area contributed by atoms with E-state index in [-0.39, 0.29) is 35.4 Å². The summed E-state index contributed by atoms with van der Waals surface area (Å²) in [6, 6.07) is 15.2. The number of carbonyl (C=O) groups excluding carboxylic acids is 4. The fourth-order valence-electron chi connectivity index (χ4n) is 9.72. The van der Waals surface area contributed by atoms with Gasteiger partial charge in [0.25, 0.3) is 11.8 Å². The van der Waals surface area contributed by atoms with Crippen LogP contribution < -0.4 is 40.7 Å². The number of hydrogen-bond donors (Lipinski definition) is 5. The number of anilines is 7. The van der Waals surface area contributed by atoms with Gasteiger partial charge in [-0.25, -0.2) is 17.8 Å². The molecule has 1 unspecified atom stereocenters. The highest BCUT2D eigenvalue weighted by Gasteiger charge is 2.45. The molecule has 5 aliphatic rings. The van der Waals surface area contributed by atoms with Crippen molar-refractivity contribution in [1.29, 1.82) is 0 Å². The van der Waals surface area contributed by atoms with E-state index in [0.717, 1.165) is 94.1 Å². The molecule has 66 heavy (non-hydrogen) atoms. The zero-order valence-corrected chi connectivity index (χ0v) is 38.2. The van der Waals surface area contributed by atoms with E-state index in [2.05, 4.69) is 46.4 Å². The van der Waals surface area contributed by atoms with Gasteiger partial charge in [0.15, 0.2) is 5.82 Å². The second-order valence-electron chi connectivity index (χ2n) is 17.6. The number of sulfonamides is 1. The Morgan fingerprint density at radius 3 is 2.36 bits per heavy atom. The SMILES string of the molecule is CS(=O)(=O)N1CCc2cccc(Nc3nc(Nc4ccc(N5CCC(NCCNCCC6CCN(c7ccc8c(c7)C(=O)N(C7CCC(=O)NC7=O)C8=O)CC6)CC5)c(F)c4)ncc3Cl)c21. The van der Waals surface area contributed by atoms with Crippen LogP contribution in [0.5, 0.6) is 0 Å². The lowest BCUT2D eigenvalue weighted by Crippen LogP contribution is -2.54. The van der Waals surface area contributed by atoms with Crippen LogP contribution in [0, 0.1) is 11.7 Å². The molecule has 9 rings (SSSR count). The summed E-state index contributed by atoms with van der Waals surface area (Å²) in [4.78, 5) is 64.5. The van der Waals surface area contributed by atoms with Crippen LogP contribution in [0.4, 0.5) is 44.6 Å². The van der Waals surface area contributed by atoms with Crippen molar-refractivity contribution in [3.63, 3.8) is 0 Å². The number of piperidine rings is 3. The van der Waals surface area contributed by atoms with Gasteiger partial charge in [-0.05, 0) is 105 Å². The minimum absolute atomic E-state index is 0.0869. The van der Waals surface area contributed by atoms with Gasteiger partial charge in [0.1, 0.15) is 16.9 Å². The maximum absolute atomic E-state index is 15.6. The van der Waals surface area contributed by atoms with Crippen molar-refractivity contribution in [1.82, 2.24) is 30.8 Å². The third-order valence-corrected chi connectivity index (χ3v) is 14.7. The Labute approximate surface area is 387 Å². The van der Waals surface area contributed by atoms with Crippen LogP contribution in [0.25, 0.3) is 0 Å². The number of amides is 4. The van der Waals surface area contributed by atoms with Crippen LogP contribution in [-0.4, -0.2) is 118 Å². The first kappa shape index (κ1) is 45.3. The average molecular weight is 943 g/mol. The quantitative estimate of drug-likeness (QED) is 0.0794. The lowest BCUT2D eigenvalue weighted by atomic mass is 9.93. The van der Waals surface area contributed by atoms with Gasteiger partial charge in [-0.3, -0.25) is 33.7 Å². The number of nitrogens with one attached hydrogen (secondary N) is 5. The molecular formula is C46H53ClFN11O6S. The molecule has 5 N–H and O–H groups in total. The molecule has 4 amide bonds. The molecule has 17 nitrogen and oxygen atoms in total. The van der Waals surface area contributed by atoms with Gasteiger partial charge in [-0.1, -0.05) is 23.7 Å². The maximum atomic E-state index is 15.6. The number of hydrogen-bond acceptors (Lipinski definition) is 14. The van der Waals surface area contributed by atoms with Crippen molar-refractivity contribution < 1.29 is 32.0 Å². The number of fused-ring (bicyclic) bond motifs is 2. The molecule has 3 saturated heterocycles. The monoisotopic (exact) mass is 941 g/mol. The van der Waals surface area contributed by atoms with Gasteiger partial charge in [0.05, 0.1) is 40.6 Å². The number of benzene rings is 3. The van der Waals surface area contributed by atoms with Gasteiger partial charge in [-0.2, -0.15) is 4.98 Å². The summed E-state index contributed by atoms with van der Waals surface area (Å²) in [7, 11) is -3.48. The number of carbonyl (C=O) groups is 4. The molecule has 1 atom stereocenters. The minimum Gasteiger partial charge on any atom is -0.371 e. The summed E-state index contributed by atoms with van der Waals surface area (Å²) in [5.41, 5.74) is 4.51. The number of aromatic nitrogens is 2. The standard InChI is InChI=1S/C46H53ClFN11O6S/c1-66(64,65)58-24-14-29-3-2-4-37(41(29)58)53-42-35(47)27-51-46(55-42)52-31-5-8-38(36(48)25-31)57-22-15-30(16-23-57)50-19-18-49-17-11-28-12-20-56(21-13-28)32-6-7-33-34(26-32)45(63)59(44(33)62)39-9-10-40(60)54-43(39)61/h2-8,25-28,30,39,49-50H,9-24H2,1H3,(H,54,60,61)(H2,51,52,53,55). The van der Waals surface area contributed by atoms with E-state index >= 15 is 4.39 Å². The second-order valence-corrected chi connectivity index (χ2v) is 19.9. The number of halogens is 2. The molecular weight excluding hydrogens is 889 g/mol. The molecule has 0 spiro atoms. The number of imide groups is 2. The molecule has 0 bridgehead atoms. The van der Waals surface area contributed by atoms with Crippen molar-refractivity contribution in [2.45, 2.75) is 63.5 Å². The molecule has 3 aromatic carbocycles. The van der Waals surface area contributed by atoms with Crippen molar-refractivity contribution >= 4 is 85.5 Å². The highest BCUT2D eigenvalue weighted by molar-refractivity contribution is 7.92. The van der Waals surface area contributed by atoms with E-state index in [1.54, 1.807) is 30.3 Å². The molecule has 6 heterocycles. The normalized spacial score (nSPS) is 19.3. The van der Waals surface area contributed by atoms with Gasteiger partial charge in [-0.15, -0.1) is 0 Å². The minimum atomic E-state index is -3.48. The van der Waals surface area contributed by atoms with Crippen molar-refractivity contribution in [2.75, 3.05) is 83.4 Å². The average Bonchev–Trinajstić information content (AvgIpc) is 3.86. The number of rotatable bonds is 15. The summed E-state index contributed by atoms with van der Waals surface area (Å²) in [5.74, 6) is -1.29. The Hall–Kier alpha value is -5.89. The van der Waals surface area contributed by atoms with Crippen LogP contribution in [0.3, 0.4) is 0 Å². The number of nitrogens with zero attached hydrogens (tertiary/aromatic N) is 6. The van der Waals surface area contributed by atoms with Gasteiger partial charge >= 0.3 is 0 Å². The number of para-hydroxylation sites is 1. The summed E-state index contributed by atoms with van der Waals surface area (Å²) in [6.07, 6.45) is 8.33. The summed E-state index contributed by atoms with van der Waals surface area (Å²) in [5, 5.41) is 16.0. The summed E-state index contributed by atoms with van der Waals surface area (Å²) < 4.78 is 41.9. The van der Waals surface area contributed by atoms with E-state index in [4.69, 9.17) is 11.6 Å². The van der Waals surface area contributed by atoms with Crippen molar-refractivity contribution in [3.05, 3.63) is 88.3 Å². The molecule has 1 aromatic heterocycles. The first-order valence-corrected chi connectivity index (χ1v) is 24.8. The topological polar surface area (TPSA) is 201 Å². The van der Waals surface area contributed by atoms with Gasteiger partial charge in [0, 0.05) is 69.7 Å². The maximum Gasteiger partial charge on any atom is 0.262 e. The summed E-state index contributed by atoms with van der Waals surface area (Å²) >= 11 is 6.45. The van der Waals surface area contributed by atoms with Crippen LogP contribution >= 0.6 is 11.6 Å². The van der Waals surface area contributed by atoms with Crippen LogP contribution in [-0.2, 0) is 26.0 Å². The van der Waals surface area contributed by atoms with Gasteiger partial charge < -0.3 is 31.1 Å². The Morgan fingerprint density at radius 2 is 1.61 bits per heavy atom. The molecule has 0 saturated carbocycles. The molecule has 4 aromatic rings. The molecule has 0 aliphatic carbocycles. The third-order valence-electron chi connectivity index (χ3n) is 13.3. The van der Waals surface area contributed by atoms with E-state index in [1.807, 2.05) is 18.2 Å². The van der Waals surface area contributed by atoms with Crippen LogP contribution in [0.15, 0.2) is 60.8 Å². The third kappa shape index (κ3) is 9.65. The van der Waals surface area contributed by atoms with E-state index in [0.29, 0.717) is 58.8 Å². The van der Waals surface area contributed by atoms with Crippen molar-refractivity contribution in [2.24, 2.45) is 5.92 Å². The molecule has 5 aliphatic heterocycles. The lowest BCUT2D eigenvalue weighted by Gasteiger charge is -2.34. The first-order chi connectivity index (χ1) is 31.8. The molecule has 348 valence electrons. The Kier molecular flexibility index (Phi) is 13.1. The fraction of sp³-hybridized carbons (Fsp3) is 0.435. The molecule has 20 heteroatoms. The predicted octanol–water partition coefficient (Wildman–Crippen LogP) is 4.93. The zero-order valence-electron chi connectivity index (χ0n) is 36.6. The van der Waals surface area contributed by atoms with Crippen LogP contribution in [0.2, 0.25) is 5.02 Å². The Balaban J connectivity index is 0.675. The zero-order chi connectivity index (χ0) is 46.1. The van der Waals surface area contributed by atoms with Gasteiger partial charge in [0.2, 0.25) is 27.8 Å². The fourth-order valence-corrected chi connectivity index (χ4v) is 10.8. The summed E-state index contributed by atoms with van der Waals surface area (Å²) in [6.45, 7) is 6.12. The van der Waals surface area contributed by atoms with E-state index < -0.39 is 39.7 Å². The smallest absolute Gasteiger partial charge is 0.262 e. The molecule has 0 radical (unpaired) electrons. The largest absolute Gasteiger partial charge is 0.371 e. The second kappa shape index (κ2) is 19.1. The van der Waals surface area contributed by atoms with E-state index in [1.165, 1.54) is 22.8 Å². The Bertz CT molecular complexity index is 2660. The highest BCUT2D eigenvalue weighted by Crippen LogP contribution is 2.40. The highest BCUT2D eigenvalue weighted by atomic mass is 35.5. The predicted molar refractivity (Wildman–Crippen MR) is 251 cm³/mol. The Morgan fingerprint density at radius 1 is 0.833 bits per heavy atom.